The van der Waals surface area contributed by atoms with Gasteiger partial charge in [0.15, 0.2) is 0 Å². The molecule has 0 aromatic carbocycles. The van der Waals surface area contributed by atoms with Crippen LogP contribution in [0.2, 0.25) is 0 Å². The van der Waals surface area contributed by atoms with Gasteiger partial charge in [-0.1, -0.05) is 4.47 Å². The van der Waals surface area contributed by atoms with Crippen LogP contribution >= 0.6 is 11.6 Å². The van der Waals surface area contributed by atoms with Gasteiger partial charge in [0.2, 0.25) is 0 Å². The lowest BCUT2D eigenvalue weighted by molar-refractivity contribution is 0.381. The Morgan fingerprint density at radius 3 is 2.56 bits per heavy atom. The van der Waals surface area contributed by atoms with Gasteiger partial charge in [-0.25, -0.2) is 0 Å². The van der Waals surface area contributed by atoms with E-state index >= 15 is 0 Å². The summed E-state index contributed by atoms with van der Waals surface area (Å²) < 4.78 is 22.8. The van der Waals surface area contributed by atoms with E-state index in [0.29, 0.717) is 12.4 Å². The predicted octanol–water partition coefficient (Wildman–Crippen LogP) is 0.135. The van der Waals surface area contributed by atoms with Gasteiger partial charge < -0.3 is 0 Å². The number of hydrogen-bond acceptors (Lipinski definition) is 3. The summed E-state index contributed by atoms with van der Waals surface area (Å²) in [5.41, 5.74) is 0. The highest BCUT2D eigenvalue weighted by Gasteiger charge is 1.90. The van der Waals surface area contributed by atoms with Crippen LogP contribution in [0.4, 0.5) is 0 Å². The molecule has 0 bridgehead atoms. The molecule has 0 aromatic rings. The first-order valence-corrected chi connectivity index (χ1v) is 3.81. The largest absolute Gasteiger partial charge is 0.328 e. The van der Waals surface area contributed by atoms with Gasteiger partial charge in [-0.3, -0.25) is 0 Å². The lowest BCUT2D eigenvalue weighted by atomic mass is 10.7. The second-order valence-corrected chi connectivity index (χ2v) is 2.34. The minimum absolute atomic E-state index is 0.372. The second-order valence-electron chi connectivity index (χ2n) is 1.37. The van der Waals surface area contributed by atoms with Gasteiger partial charge >= 0.3 is 10.5 Å². The van der Waals surface area contributed by atoms with Crippen LogP contribution < -0.4 is 0 Å². The van der Waals surface area contributed by atoms with Crippen LogP contribution in [-0.2, 0) is 10.5 Å². The maximum atomic E-state index is 9.83. The summed E-state index contributed by atoms with van der Waals surface area (Å²) in [4.78, 5) is 0. The van der Waals surface area contributed by atoms with Crippen molar-refractivity contribution < 1.29 is 8.42 Å². The smallest absolute Gasteiger partial charge is 0.187 e. The van der Waals surface area contributed by atoms with E-state index in [2.05, 4.69) is 4.47 Å². The summed E-state index contributed by atoms with van der Waals surface area (Å²) in [6.45, 7) is 0.440. The zero-order valence-corrected chi connectivity index (χ0v) is 6.48. The number of halogens is 1. The maximum Gasteiger partial charge on any atom is 0.328 e. The normalized spacial score (nSPS) is 9.67. The molecule has 0 aliphatic rings. The van der Waals surface area contributed by atoms with Crippen molar-refractivity contribution in [3.8, 4) is 0 Å². The van der Waals surface area contributed by atoms with Gasteiger partial charge in [-0.05, 0) is 0 Å². The monoisotopic (exact) mass is 170 g/mol. The Kier molecular flexibility index (Phi) is 4.65. The zero-order chi connectivity index (χ0) is 7.28. The van der Waals surface area contributed by atoms with E-state index in [0.717, 1.165) is 0 Å². The second kappa shape index (κ2) is 4.72. The summed E-state index contributed by atoms with van der Waals surface area (Å²) in [6.07, 6.45) is 0. The molecule has 0 radical (unpaired) electrons. The van der Waals surface area contributed by atoms with E-state index in [4.69, 9.17) is 11.6 Å². The Bertz CT molecular complexity index is 180. The zero-order valence-electron chi connectivity index (χ0n) is 4.91. The molecule has 0 spiro atoms. The Morgan fingerprint density at radius 2 is 2.22 bits per heavy atom. The van der Waals surface area contributed by atoms with Crippen molar-refractivity contribution in [1.82, 2.24) is 5.01 Å². The van der Waals surface area contributed by atoms with Crippen molar-refractivity contribution >= 4 is 22.1 Å². The molecule has 0 fully saturated rings. The highest BCUT2D eigenvalue weighted by atomic mass is 35.5. The third kappa shape index (κ3) is 5.75. The first kappa shape index (κ1) is 8.87. The Balaban J connectivity index is 3.77. The molecule has 9 heavy (non-hydrogen) atoms. The molecule has 0 N–H and O–H groups in total. The summed E-state index contributed by atoms with van der Waals surface area (Å²) in [5.74, 6) is 0.372. The van der Waals surface area contributed by atoms with Crippen LogP contribution in [0.15, 0.2) is 4.47 Å². The average molecular weight is 171 g/mol. The summed E-state index contributed by atoms with van der Waals surface area (Å²) >= 11 is 5.28. The van der Waals surface area contributed by atoms with E-state index in [1.165, 1.54) is 12.1 Å². The van der Waals surface area contributed by atoms with Gasteiger partial charge in [0.1, 0.15) is 0 Å². The molecule has 54 valence electrons. The van der Waals surface area contributed by atoms with Crippen molar-refractivity contribution in [2.75, 3.05) is 19.5 Å². The summed E-state index contributed by atoms with van der Waals surface area (Å²) in [6, 6.07) is 0. The average Bonchev–Trinajstić information content (AvgIpc) is 1.63. The molecule has 6 heteroatoms. The lowest BCUT2D eigenvalue weighted by Crippen LogP contribution is -2.12. The highest BCUT2D eigenvalue weighted by molar-refractivity contribution is 7.61. The molecule has 0 saturated carbocycles. The van der Waals surface area contributed by atoms with E-state index in [1.807, 2.05) is 0 Å². The number of rotatable bonds is 3. The molecule has 0 unspecified atom stereocenters. The molecule has 4 nitrogen and oxygen atoms in total. The Labute approximate surface area is 60.1 Å². The topological polar surface area (TPSA) is 49.7 Å². The molecular formula is C3H7ClN2O2S. The van der Waals surface area contributed by atoms with Crippen LogP contribution in [0, 0.1) is 0 Å². The first-order chi connectivity index (χ1) is 4.16. The van der Waals surface area contributed by atoms with Gasteiger partial charge in [0.25, 0.3) is 0 Å². The Hall–Kier alpha value is -0.130. The molecule has 0 amide bonds. The molecule has 0 atom stereocenters. The van der Waals surface area contributed by atoms with E-state index in [9.17, 15) is 8.42 Å². The standard InChI is InChI=1S/C3H7ClN2O2S/c1-6(3-2-4)5-9(7)8/h2-3H2,1H3. The third-order valence-electron chi connectivity index (χ3n) is 0.614. The van der Waals surface area contributed by atoms with Crippen molar-refractivity contribution in [3.05, 3.63) is 0 Å². The molecular weight excluding hydrogens is 164 g/mol. The molecule has 0 aromatic heterocycles. The van der Waals surface area contributed by atoms with Crippen molar-refractivity contribution in [1.29, 1.82) is 0 Å². The molecule has 0 aliphatic heterocycles. The maximum absolute atomic E-state index is 9.83. The van der Waals surface area contributed by atoms with Crippen molar-refractivity contribution in [2.45, 2.75) is 0 Å². The number of nitrogens with zero attached hydrogens (tertiary/aromatic N) is 2. The number of hydrogen-bond donors (Lipinski definition) is 0. The quantitative estimate of drug-likeness (QED) is 0.447. The fourth-order valence-electron chi connectivity index (χ4n) is 0.277. The third-order valence-corrected chi connectivity index (χ3v) is 1.20. The van der Waals surface area contributed by atoms with Crippen LogP contribution in [0.3, 0.4) is 0 Å². The van der Waals surface area contributed by atoms with Crippen LogP contribution in [0.25, 0.3) is 0 Å². The fourth-order valence-corrected chi connectivity index (χ4v) is 0.831. The van der Waals surface area contributed by atoms with E-state index < -0.39 is 10.5 Å². The molecule has 0 heterocycles. The van der Waals surface area contributed by atoms with Crippen LogP contribution in [0.1, 0.15) is 0 Å². The van der Waals surface area contributed by atoms with Gasteiger partial charge in [0.05, 0.1) is 0 Å². The van der Waals surface area contributed by atoms with Crippen LogP contribution in [0.5, 0.6) is 0 Å². The molecule has 0 saturated heterocycles. The van der Waals surface area contributed by atoms with Crippen molar-refractivity contribution in [3.63, 3.8) is 0 Å². The SMILES string of the molecule is CN(CCCl)N=S(=O)=O. The van der Waals surface area contributed by atoms with Crippen LogP contribution in [-0.4, -0.2) is 32.9 Å². The predicted molar refractivity (Wildman–Crippen MR) is 34.7 cm³/mol. The molecule has 0 aliphatic carbocycles. The lowest BCUT2D eigenvalue weighted by Gasteiger charge is -2.01. The fraction of sp³-hybridized carbons (Fsp3) is 1.00. The highest BCUT2D eigenvalue weighted by Crippen LogP contribution is 1.83. The van der Waals surface area contributed by atoms with Gasteiger partial charge in [0, 0.05) is 19.5 Å². The van der Waals surface area contributed by atoms with Gasteiger partial charge in [-0.2, -0.15) is 13.4 Å². The minimum Gasteiger partial charge on any atom is -0.187 e. The van der Waals surface area contributed by atoms with E-state index in [1.54, 1.807) is 0 Å². The first-order valence-electron chi connectivity index (χ1n) is 2.25. The minimum atomic E-state index is -2.35. The summed E-state index contributed by atoms with van der Waals surface area (Å²) in [5, 5.41) is 1.26. The van der Waals surface area contributed by atoms with Gasteiger partial charge in [-0.15, -0.1) is 11.6 Å². The molecule has 0 rings (SSSR count). The van der Waals surface area contributed by atoms with E-state index in [-0.39, 0.29) is 0 Å². The summed E-state index contributed by atoms with van der Waals surface area (Å²) in [7, 11) is -0.815. The van der Waals surface area contributed by atoms with Crippen molar-refractivity contribution in [2.24, 2.45) is 4.47 Å². The number of alkyl halides is 1. The Morgan fingerprint density at radius 1 is 1.67 bits per heavy atom.